The Bertz CT molecular complexity index is 560. The summed E-state index contributed by atoms with van der Waals surface area (Å²) in [6.07, 6.45) is 0.759. The van der Waals surface area contributed by atoms with Gasteiger partial charge in [0.05, 0.1) is 5.69 Å². The van der Waals surface area contributed by atoms with Gasteiger partial charge >= 0.3 is 0 Å². The molecule has 0 fully saturated rings. The fourth-order valence-corrected chi connectivity index (χ4v) is 2.49. The lowest BCUT2D eigenvalue weighted by Crippen LogP contribution is -2.14. The van der Waals surface area contributed by atoms with Crippen molar-refractivity contribution in [2.45, 2.75) is 26.3 Å². The zero-order valence-corrected chi connectivity index (χ0v) is 11.7. The van der Waals surface area contributed by atoms with Gasteiger partial charge in [0, 0.05) is 23.8 Å². The maximum Gasteiger partial charge on any atom is 0.0629 e. The molecular formula is C14H18ClN3. The Morgan fingerprint density at radius 2 is 2.00 bits per heavy atom. The van der Waals surface area contributed by atoms with Crippen LogP contribution in [0.3, 0.4) is 0 Å². The molecule has 0 radical (unpaired) electrons. The number of rotatable bonds is 3. The molecule has 2 N–H and O–H groups in total. The summed E-state index contributed by atoms with van der Waals surface area (Å²) < 4.78 is 1.89. The number of aromatic nitrogens is 2. The molecule has 4 heteroatoms. The molecule has 0 aliphatic rings. The SMILES string of the molecule is Cc1nn(C)c(C)c1CC(N)c1ccccc1Cl. The van der Waals surface area contributed by atoms with Crippen molar-refractivity contribution in [2.75, 3.05) is 0 Å². The van der Waals surface area contributed by atoms with E-state index in [4.69, 9.17) is 17.3 Å². The molecule has 18 heavy (non-hydrogen) atoms. The highest BCUT2D eigenvalue weighted by Crippen LogP contribution is 2.25. The van der Waals surface area contributed by atoms with E-state index in [-0.39, 0.29) is 6.04 Å². The van der Waals surface area contributed by atoms with E-state index in [1.807, 2.05) is 42.9 Å². The van der Waals surface area contributed by atoms with Gasteiger partial charge in [-0.25, -0.2) is 0 Å². The highest BCUT2D eigenvalue weighted by molar-refractivity contribution is 6.31. The molecule has 0 aliphatic heterocycles. The third-order valence-electron chi connectivity index (χ3n) is 3.39. The first-order chi connectivity index (χ1) is 8.50. The first-order valence-corrected chi connectivity index (χ1v) is 6.37. The molecular weight excluding hydrogens is 246 g/mol. The first kappa shape index (κ1) is 13.1. The lowest BCUT2D eigenvalue weighted by molar-refractivity contribution is 0.707. The zero-order chi connectivity index (χ0) is 13.3. The largest absolute Gasteiger partial charge is 0.324 e. The van der Waals surface area contributed by atoms with Gasteiger partial charge in [0.15, 0.2) is 0 Å². The van der Waals surface area contributed by atoms with E-state index < -0.39 is 0 Å². The standard InChI is InChI=1S/C14H18ClN3/c1-9-12(10(2)18(3)17-9)8-14(16)11-6-4-5-7-13(11)15/h4-7,14H,8,16H2,1-3H3. The van der Waals surface area contributed by atoms with Crippen LogP contribution >= 0.6 is 11.6 Å². The van der Waals surface area contributed by atoms with Crippen LogP contribution in [-0.4, -0.2) is 9.78 Å². The van der Waals surface area contributed by atoms with Crippen molar-refractivity contribution < 1.29 is 0 Å². The van der Waals surface area contributed by atoms with Crippen molar-refractivity contribution >= 4 is 11.6 Å². The first-order valence-electron chi connectivity index (χ1n) is 5.99. The summed E-state index contributed by atoms with van der Waals surface area (Å²) in [4.78, 5) is 0. The summed E-state index contributed by atoms with van der Waals surface area (Å²) in [5, 5.41) is 5.13. The van der Waals surface area contributed by atoms with Gasteiger partial charge in [0.2, 0.25) is 0 Å². The van der Waals surface area contributed by atoms with Gasteiger partial charge in [-0.15, -0.1) is 0 Å². The van der Waals surface area contributed by atoms with E-state index in [1.54, 1.807) is 0 Å². The van der Waals surface area contributed by atoms with Crippen LogP contribution in [0.4, 0.5) is 0 Å². The van der Waals surface area contributed by atoms with Crippen LogP contribution in [0.1, 0.15) is 28.6 Å². The molecule has 2 rings (SSSR count). The Balaban J connectivity index is 2.27. The fourth-order valence-electron chi connectivity index (χ4n) is 2.22. The summed E-state index contributed by atoms with van der Waals surface area (Å²) in [5.74, 6) is 0. The number of nitrogens with two attached hydrogens (primary N) is 1. The molecule has 1 aromatic carbocycles. The van der Waals surface area contributed by atoms with E-state index in [1.165, 1.54) is 5.56 Å². The number of hydrogen-bond donors (Lipinski definition) is 1. The van der Waals surface area contributed by atoms with Crippen molar-refractivity contribution in [3.8, 4) is 0 Å². The van der Waals surface area contributed by atoms with Crippen LogP contribution in [0.5, 0.6) is 0 Å². The van der Waals surface area contributed by atoms with Gasteiger partial charge in [-0.05, 0) is 37.5 Å². The smallest absolute Gasteiger partial charge is 0.0629 e. The Morgan fingerprint density at radius 1 is 1.33 bits per heavy atom. The van der Waals surface area contributed by atoms with Crippen LogP contribution in [0.2, 0.25) is 5.02 Å². The van der Waals surface area contributed by atoms with E-state index >= 15 is 0 Å². The van der Waals surface area contributed by atoms with Crippen LogP contribution < -0.4 is 5.73 Å². The number of nitrogens with zero attached hydrogens (tertiary/aromatic N) is 2. The second-order valence-corrected chi connectivity index (χ2v) is 5.01. The highest BCUT2D eigenvalue weighted by atomic mass is 35.5. The molecule has 0 amide bonds. The molecule has 1 unspecified atom stereocenters. The number of hydrogen-bond acceptors (Lipinski definition) is 2. The minimum Gasteiger partial charge on any atom is -0.324 e. The molecule has 0 saturated heterocycles. The molecule has 0 bridgehead atoms. The van der Waals surface area contributed by atoms with Crippen LogP contribution in [0.25, 0.3) is 0 Å². The van der Waals surface area contributed by atoms with E-state index in [9.17, 15) is 0 Å². The number of benzene rings is 1. The molecule has 96 valence electrons. The quantitative estimate of drug-likeness (QED) is 0.925. The minimum absolute atomic E-state index is 0.0969. The molecule has 3 nitrogen and oxygen atoms in total. The van der Waals surface area contributed by atoms with Gasteiger partial charge in [-0.1, -0.05) is 29.8 Å². The summed E-state index contributed by atoms with van der Waals surface area (Å²) >= 11 is 6.17. The monoisotopic (exact) mass is 263 g/mol. The highest BCUT2D eigenvalue weighted by Gasteiger charge is 2.16. The Labute approximate surface area is 113 Å². The van der Waals surface area contributed by atoms with Crippen molar-refractivity contribution in [3.63, 3.8) is 0 Å². The molecule has 1 heterocycles. The number of halogens is 1. The third kappa shape index (κ3) is 2.42. The summed E-state index contributed by atoms with van der Waals surface area (Å²) in [6, 6.07) is 7.64. The van der Waals surface area contributed by atoms with Gasteiger partial charge in [-0.2, -0.15) is 5.10 Å². The summed E-state index contributed by atoms with van der Waals surface area (Å²) in [7, 11) is 1.95. The van der Waals surface area contributed by atoms with E-state index in [2.05, 4.69) is 12.0 Å². The average molecular weight is 264 g/mol. The van der Waals surface area contributed by atoms with Crippen molar-refractivity contribution in [2.24, 2.45) is 12.8 Å². The lowest BCUT2D eigenvalue weighted by Gasteiger charge is -2.14. The van der Waals surface area contributed by atoms with Gasteiger partial charge in [0.1, 0.15) is 0 Å². The maximum atomic E-state index is 6.25. The molecule has 0 saturated carbocycles. The van der Waals surface area contributed by atoms with E-state index in [0.29, 0.717) is 0 Å². The second-order valence-electron chi connectivity index (χ2n) is 4.61. The average Bonchev–Trinajstić information content (AvgIpc) is 2.56. The zero-order valence-electron chi connectivity index (χ0n) is 10.9. The van der Waals surface area contributed by atoms with Gasteiger partial charge in [-0.3, -0.25) is 4.68 Å². The van der Waals surface area contributed by atoms with Gasteiger partial charge in [0.25, 0.3) is 0 Å². The van der Waals surface area contributed by atoms with Crippen molar-refractivity contribution in [3.05, 3.63) is 51.8 Å². The van der Waals surface area contributed by atoms with Crippen LogP contribution in [0.15, 0.2) is 24.3 Å². The third-order valence-corrected chi connectivity index (χ3v) is 3.73. The molecule has 0 aliphatic carbocycles. The predicted molar refractivity (Wildman–Crippen MR) is 74.8 cm³/mol. The lowest BCUT2D eigenvalue weighted by atomic mass is 9.98. The maximum absolute atomic E-state index is 6.25. The van der Waals surface area contributed by atoms with E-state index in [0.717, 1.165) is 28.4 Å². The number of aryl methyl sites for hydroxylation is 2. The van der Waals surface area contributed by atoms with Gasteiger partial charge < -0.3 is 5.73 Å². The Kier molecular flexibility index (Phi) is 3.73. The topological polar surface area (TPSA) is 43.8 Å². The fraction of sp³-hybridized carbons (Fsp3) is 0.357. The molecule has 1 aromatic heterocycles. The van der Waals surface area contributed by atoms with Crippen LogP contribution in [0, 0.1) is 13.8 Å². The van der Waals surface area contributed by atoms with Crippen LogP contribution in [-0.2, 0) is 13.5 Å². The van der Waals surface area contributed by atoms with Crippen molar-refractivity contribution in [1.29, 1.82) is 0 Å². The Hall–Kier alpha value is -1.32. The molecule has 1 atom stereocenters. The Morgan fingerprint density at radius 3 is 2.56 bits per heavy atom. The normalized spacial score (nSPS) is 12.7. The predicted octanol–water partition coefficient (Wildman–Crippen LogP) is 2.93. The molecule has 0 spiro atoms. The van der Waals surface area contributed by atoms with Crippen molar-refractivity contribution in [1.82, 2.24) is 9.78 Å². The second kappa shape index (κ2) is 5.12. The summed E-state index contributed by atoms with van der Waals surface area (Å²) in [5.41, 5.74) is 10.7. The molecule has 2 aromatic rings. The minimum atomic E-state index is -0.0969. The summed E-state index contributed by atoms with van der Waals surface area (Å²) in [6.45, 7) is 4.08.